The van der Waals surface area contributed by atoms with Gasteiger partial charge >= 0.3 is 6.01 Å². The second-order valence-electron chi connectivity index (χ2n) is 3.52. The molecule has 1 aromatic heterocycles. The fourth-order valence-corrected chi connectivity index (χ4v) is 1.17. The molecule has 0 spiro atoms. The van der Waals surface area contributed by atoms with Gasteiger partial charge in [-0.1, -0.05) is 6.92 Å². The van der Waals surface area contributed by atoms with Gasteiger partial charge in [0.2, 0.25) is 11.9 Å². The average Bonchev–Trinajstić information content (AvgIpc) is 2.36. The van der Waals surface area contributed by atoms with Crippen LogP contribution < -0.4 is 15.0 Å². The van der Waals surface area contributed by atoms with Gasteiger partial charge in [-0.15, -0.1) is 0 Å². The topological polar surface area (TPSA) is 83.4 Å². The Morgan fingerprint density at radius 3 is 2.71 bits per heavy atom. The molecule has 0 bridgehead atoms. The van der Waals surface area contributed by atoms with Gasteiger partial charge in [0, 0.05) is 20.1 Å². The molecule has 0 aromatic carbocycles. The van der Waals surface area contributed by atoms with E-state index in [2.05, 4.69) is 27.2 Å². The van der Waals surface area contributed by atoms with Crippen molar-refractivity contribution in [3.05, 3.63) is 0 Å². The Balaban J connectivity index is 2.88. The summed E-state index contributed by atoms with van der Waals surface area (Å²) in [5.41, 5.74) is 0. The fraction of sp³-hybridized carbons (Fsp3) is 0.700. The van der Waals surface area contributed by atoms with E-state index in [1.807, 2.05) is 0 Å². The first-order valence-electron chi connectivity index (χ1n) is 5.57. The highest BCUT2D eigenvalue weighted by Crippen LogP contribution is 2.13. The number of nitrogens with zero attached hydrogens (tertiary/aromatic N) is 4. The van der Waals surface area contributed by atoms with Crippen LogP contribution in [0.3, 0.4) is 0 Å². The lowest BCUT2D eigenvalue weighted by Crippen LogP contribution is -2.24. The third-order valence-electron chi connectivity index (χ3n) is 2.10. The van der Waals surface area contributed by atoms with E-state index in [0.717, 1.165) is 13.0 Å². The van der Waals surface area contributed by atoms with Crippen molar-refractivity contribution in [2.75, 3.05) is 44.1 Å². The molecule has 0 amide bonds. The second-order valence-corrected chi connectivity index (χ2v) is 3.52. The first-order chi connectivity index (χ1) is 8.21. The number of aliphatic hydroxyl groups is 1. The molecule has 1 heterocycles. The predicted octanol–water partition coefficient (Wildman–Crippen LogP) is 0.131. The lowest BCUT2D eigenvalue weighted by molar-refractivity contribution is 0.303. The number of likely N-dealkylation sites (N-methyl/N-ethyl adjacent to an activating group) is 1. The summed E-state index contributed by atoms with van der Waals surface area (Å²) in [6, 6.07) is 0.262. The molecule has 0 saturated heterocycles. The first kappa shape index (κ1) is 13.4. The highest BCUT2D eigenvalue weighted by Gasteiger charge is 2.09. The van der Waals surface area contributed by atoms with E-state index < -0.39 is 0 Å². The van der Waals surface area contributed by atoms with Gasteiger partial charge in [-0.2, -0.15) is 15.0 Å². The number of anilines is 2. The molecule has 1 aromatic rings. The Labute approximate surface area is 101 Å². The Bertz CT molecular complexity index is 347. The van der Waals surface area contributed by atoms with Crippen LogP contribution in [0.1, 0.15) is 13.3 Å². The van der Waals surface area contributed by atoms with Crippen molar-refractivity contribution in [3.63, 3.8) is 0 Å². The normalized spacial score (nSPS) is 10.1. The first-order valence-corrected chi connectivity index (χ1v) is 5.57. The molecular formula is C10H19N5O2. The number of hydrogen-bond donors (Lipinski definition) is 2. The zero-order valence-corrected chi connectivity index (χ0v) is 10.5. The monoisotopic (exact) mass is 241 g/mol. The molecule has 1 rings (SSSR count). The van der Waals surface area contributed by atoms with Gasteiger partial charge in [0.15, 0.2) is 0 Å². The van der Waals surface area contributed by atoms with E-state index in [1.54, 1.807) is 11.9 Å². The Hall–Kier alpha value is -1.63. The number of rotatable bonds is 7. The molecule has 2 N–H and O–H groups in total. The van der Waals surface area contributed by atoms with Gasteiger partial charge in [0.05, 0.1) is 13.7 Å². The summed E-state index contributed by atoms with van der Waals surface area (Å²) in [6.07, 6.45) is 0.982. The molecule has 0 fully saturated rings. The summed E-state index contributed by atoms with van der Waals surface area (Å²) in [5.74, 6) is 0.961. The van der Waals surface area contributed by atoms with Crippen molar-refractivity contribution in [3.8, 4) is 6.01 Å². The minimum atomic E-state index is 0.0439. The predicted molar refractivity (Wildman–Crippen MR) is 65.5 cm³/mol. The van der Waals surface area contributed by atoms with Gasteiger partial charge in [0.25, 0.3) is 0 Å². The SMILES string of the molecule is CCCNc1nc(OC)nc(N(C)CCO)n1. The maximum absolute atomic E-state index is 8.88. The molecule has 17 heavy (non-hydrogen) atoms. The Kier molecular flexibility index (Phi) is 5.41. The largest absolute Gasteiger partial charge is 0.467 e. The van der Waals surface area contributed by atoms with Crippen molar-refractivity contribution in [2.45, 2.75) is 13.3 Å². The van der Waals surface area contributed by atoms with E-state index in [1.165, 1.54) is 7.11 Å². The molecule has 7 nitrogen and oxygen atoms in total. The van der Waals surface area contributed by atoms with Crippen LogP contribution >= 0.6 is 0 Å². The number of ether oxygens (including phenoxy) is 1. The molecule has 0 radical (unpaired) electrons. The van der Waals surface area contributed by atoms with E-state index in [-0.39, 0.29) is 12.6 Å². The van der Waals surface area contributed by atoms with Crippen LogP contribution in [-0.4, -0.2) is 53.9 Å². The molecule has 7 heteroatoms. The van der Waals surface area contributed by atoms with Crippen LogP contribution in [0.25, 0.3) is 0 Å². The molecule has 96 valence electrons. The van der Waals surface area contributed by atoms with Crippen LogP contribution in [0.15, 0.2) is 0 Å². The molecule has 0 aliphatic rings. The van der Waals surface area contributed by atoms with Gasteiger partial charge in [-0.3, -0.25) is 0 Å². The van der Waals surface area contributed by atoms with E-state index in [9.17, 15) is 0 Å². The molecule has 0 saturated carbocycles. The van der Waals surface area contributed by atoms with E-state index in [4.69, 9.17) is 9.84 Å². The van der Waals surface area contributed by atoms with Gasteiger partial charge < -0.3 is 20.1 Å². The fourth-order valence-electron chi connectivity index (χ4n) is 1.17. The average molecular weight is 241 g/mol. The highest BCUT2D eigenvalue weighted by atomic mass is 16.5. The zero-order valence-electron chi connectivity index (χ0n) is 10.5. The van der Waals surface area contributed by atoms with Crippen molar-refractivity contribution in [2.24, 2.45) is 0 Å². The molecule has 0 atom stereocenters. The van der Waals surface area contributed by atoms with Crippen LogP contribution in [-0.2, 0) is 0 Å². The zero-order chi connectivity index (χ0) is 12.7. The summed E-state index contributed by atoms with van der Waals surface area (Å²) in [5, 5.41) is 12.0. The van der Waals surface area contributed by atoms with E-state index >= 15 is 0 Å². The number of methoxy groups -OCH3 is 1. The maximum atomic E-state index is 8.88. The molecule has 0 unspecified atom stereocenters. The number of aromatic nitrogens is 3. The summed E-state index contributed by atoms with van der Waals surface area (Å²) in [4.78, 5) is 14.2. The third kappa shape index (κ3) is 4.03. The van der Waals surface area contributed by atoms with Crippen molar-refractivity contribution in [1.29, 1.82) is 0 Å². The van der Waals surface area contributed by atoms with Gasteiger partial charge in [-0.25, -0.2) is 0 Å². The van der Waals surface area contributed by atoms with Crippen LogP contribution in [0, 0.1) is 0 Å². The smallest absolute Gasteiger partial charge is 0.322 e. The minimum absolute atomic E-state index is 0.0439. The number of hydrogen-bond acceptors (Lipinski definition) is 7. The number of aliphatic hydroxyl groups excluding tert-OH is 1. The second kappa shape index (κ2) is 6.85. The highest BCUT2D eigenvalue weighted by molar-refractivity contribution is 5.37. The van der Waals surface area contributed by atoms with Crippen molar-refractivity contribution < 1.29 is 9.84 Å². The van der Waals surface area contributed by atoms with Gasteiger partial charge in [0.1, 0.15) is 0 Å². The van der Waals surface area contributed by atoms with Crippen molar-refractivity contribution in [1.82, 2.24) is 15.0 Å². The van der Waals surface area contributed by atoms with Gasteiger partial charge in [-0.05, 0) is 6.42 Å². The summed E-state index contributed by atoms with van der Waals surface area (Å²) in [7, 11) is 3.31. The lowest BCUT2D eigenvalue weighted by Gasteiger charge is -2.16. The Morgan fingerprint density at radius 1 is 1.35 bits per heavy atom. The van der Waals surface area contributed by atoms with Crippen molar-refractivity contribution >= 4 is 11.9 Å². The molecular weight excluding hydrogens is 222 g/mol. The lowest BCUT2D eigenvalue weighted by atomic mass is 10.5. The standard InChI is InChI=1S/C10H19N5O2/c1-4-5-11-8-12-9(15(2)6-7-16)14-10(13-8)17-3/h16H,4-7H2,1-3H3,(H,11,12,13,14). The summed E-state index contributed by atoms with van der Waals surface area (Å²) in [6.45, 7) is 3.35. The Morgan fingerprint density at radius 2 is 2.12 bits per heavy atom. The van der Waals surface area contributed by atoms with Crippen LogP contribution in [0.5, 0.6) is 6.01 Å². The molecule has 0 aliphatic carbocycles. The maximum Gasteiger partial charge on any atom is 0.322 e. The summed E-state index contributed by atoms with van der Waals surface area (Å²) < 4.78 is 5.01. The van der Waals surface area contributed by atoms with E-state index in [0.29, 0.717) is 18.4 Å². The molecule has 0 aliphatic heterocycles. The third-order valence-corrected chi connectivity index (χ3v) is 2.10. The van der Waals surface area contributed by atoms with Crippen LogP contribution in [0.2, 0.25) is 0 Å². The minimum Gasteiger partial charge on any atom is -0.467 e. The summed E-state index contributed by atoms with van der Waals surface area (Å²) >= 11 is 0. The number of nitrogens with one attached hydrogen (secondary N) is 1. The quantitative estimate of drug-likeness (QED) is 0.702. The van der Waals surface area contributed by atoms with Crippen LogP contribution in [0.4, 0.5) is 11.9 Å².